The molecule has 0 bridgehead atoms. The van der Waals surface area contributed by atoms with Crippen LogP contribution in [0.2, 0.25) is 0 Å². The van der Waals surface area contributed by atoms with E-state index < -0.39 is 0 Å². The van der Waals surface area contributed by atoms with Crippen LogP contribution in [0.3, 0.4) is 0 Å². The van der Waals surface area contributed by atoms with Gasteiger partial charge in [0.25, 0.3) is 0 Å². The predicted octanol–water partition coefficient (Wildman–Crippen LogP) is 3.28. The number of thiophene rings is 1. The number of thioether (sulfide) groups is 1. The molecule has 0 saturated heterocycles. The van der Waals surface area contributed by atoms with Crippen LogP contribution in [0.5, 0.6) is 0 Å². The van der Waals surface area contributed by atoms with Gasteiger partial charge < -0.3 is 4.90 Å². The van der Waals surface area contributed by atoms with Crippen molar-refractivity contribution in [3.8, 4) is 11.4 Å². The molecule has 0 aliphatic rings. The van der Waals surface area contributed by atoms with E-state index in [2.05, 4.69) is 20.6 Å². The molecule has 0 unspecified atom stereocenters. The average Bonchev–Trinajstić information content (AvgIpc) is 3.25. The van der Waals surface area contributed by atoms with E-state index in [0.29, 0.717) is 23.3 Å². The number of carbonyl (C=O) groups is 1. The number of H-pyrrole nitrogens is 1. The first kappa shape index (κ1) is 15.8. The fourth-order valence-corrected chi connectivity index (χ4v) is 3.42. The van der Waals surface area contributed by atoms with Gasteiger partial charge in [0.05, 0.1) is 5.75 Å². The summed E-state index contributed by atoms with van der Waals surface area (Å²) < 4.78 is 0. The maximum atomic E-state index is 12.2. The molecule has 0 fully saturated rings. The molecule has 0 aliphatic carbocycles. The van der Waals surface area contributed by atoms with Gasteiger partial charge in [0.15, 0.2) is 5.82 Å². The molecular formula is C16H16N4OS2. The van der Waals surface area contributed by atoms with E-state index in [1.165, 1.54) is 11.8 Å². The molecule has 1 aromatic carbocycles. The van der Waals surface area contributed by atoms with Gasteiger partial charge in [-0.2, -0.15) is 11.3 Å². The summed E-state index contributed by atoms with van der Waals surface area (Å²) in [6.07, 6.45) is 0. The first-order valence-corrected chi connectivity index (χ1v) is 9.01. The SMILES string of the molecule is CN(Cc1ccsc1)C(=O)CSc1n[nH]c(-c2ccccc2)n1. The number of carbonyl (C=O) groups excluding carboxylic acids is 1. The number of rotatable bonds is 6. The second-order valence-electron chi connectivity index (χ2n) is 5.00. The number of aromatic amines is 1. The van der Waals surface area contributed by atoms with Crippen molar-refractivity contribution in [1.29, 1.82) is 0 Å². The Kier molecular flexibility index (Phi) is 5.09. The van der Waals surface area contributed by atoms with Crippen LogP contribution in [0.15, 0.2) is 52.3 Å². The molecule has 0 aliphatic heterocycles. The molecule has 2 heterocycles. The van der Waals surface area contributed by atoms with Gasteiger partial charge in [-0.05, 0) is 22.4 Å². The van der Waals surface area contributed by atoms with E-state index in [0.717, 1.165) is 11.1 Å². The Morgan fingerprint density at radius 3 is 2.87 bits per heavy atom. The van der Waals surface area contributed by atoms with Crippen molar-refractivity contribution in [3.63, 3.8) is 0 Å². The number of hydrogen-bond acceptors (Lipinski definition) is 5. The van der Waals surface area contributed by atoms with Gasteiger partial charge in [-0.3, -0.25) is 9.89 Å². The molecule has 2 aromatic heterocycles. The van der Waals surface area contributed by atoms with Gasteiger partial charge >= 0.3 is 0 Å². The molecule has 1 N–H and O–H groups in total. The zero-order valence-electron chi connectivity index (χ0n) is 12.6. The summed E-state index contributed by atoms with van der Waals surface area (Å²) in [6.45, 7) is 0.631. The molecule has 1 amide bonds. The van der Waals surface area contributed by atoms with Crippen molar-refractivity contribution >= 4 is 29.0 Å². The van der Waals surface area contributed by atoms with Gasteiger partial charge in [-0.15, -0.1) is 5.10 Å². The number of aromatic nitrogens is 3. The van der Waals surface area contributed by atoms with Crippen molar-refractivity contribution in [3.05, 3.63) is 52.7 Å². The van der Waals surface area contributed by atoms with Crippen LogP contribution in [0.1, 0.15) is 5.56 Å². The second kappa shape index (κ2) is 7.43. The fraction of sp³-hybridized carbons (Fsp3) is 0.188. The summed E-state index contributed by atoms with van der Waals surface area (Å²) in [5.74, 6) is 1.10. The molecular weight excluding hydrogens is 328 g/mol. The third-order valence-electron chi connectivity index (χ3n) is 3.26. The quantitative estimate of drug-likeness (QED) is 0.697. The van der Waals surface area contributed by atoms with Crippen LogP contribution in [0.4, 0.5) is 0 Å². The Bertz CT molecular complexity index is 756. The van der Waals surface area contributed by atoms with Crippen LogP contribution in [0, 0.1) is 0 Å². The summed E-state index contributed by atoms with van der Waals surface area (Å²) in [5, 5.41) is 11.7. The number of amides is 1. The number of benzene rings is 1. The molecule has 3 aromatic rings. The molecule has 23 heavy (non-hydrogen) atoms. The Balaban J connectivity index is 1.54. The third kappa shape index (κ3) is 4.20. The molecule has 5 nitrogen and oxygen atoms in total. The van der Waals surface area contributed by atoms with Gasteiger partial charge in [0.2, 0.25) is 11.1 Å². The molecule has 0 spiro atoms. The first-order chi connectivity index (χ1) is 11.2. The van der Waals surface area contributed by atoms with Crippen molar-refractivity contribution < 1.29 is 4.79 Å². The second-order valence-corrected chi connectivity index (χ2v) is 6.73. The highest BCUT2D eigenvalue weighted by Crippen LogP contribution is 2.19. The highest BCUT2D eigenvalue weighted by atomic mass is 32.2. The Morgan fingerprint density at radius 2 is 2.13 bits per heavy atom. The highest BCUT2D eigenvalue weighted by Gasteiger charge is 2.12. The van der Waals surface area contributed by atoms with Crippen LogP contribution >= 0.6 is 23.1 Å². The lowest BCUT2D eigenvalue weighted by molar-refractivity contribution is -0.127. The monoisotopic (exact) mass is 344 g/mol. The largest absolute Gasteiger partial charge is 0.341 e. The minimum Gasteiger partial charge on any atom is -0.341 e. The Hall–Kier alpha value is -2.12. The number of nitrogens with zero attached hydrogens (tertiary/aromatic N) is 3. The zero-order chi connectivity index (χ0) is 16.1. The third-order valence-corrected chi connectivity index (χ3v) is 4.83. The van der Waals surface area contributed by atoms with Crippen LogP contribution in [0.25, 0.3) is 11.4 Å². The molecule has 0 atom stereocenters. The first-order valence-electron chi connectivity index (χ1n) is 7.08. The molecule has 0 saturated carbocycles. The zero-order valence-corrected chi connectivity index (χ0v) is 14.2. The predicted molar refractivity (Wildman–Crippen MR) is 93.3 cm³/mol. The average molecular weight is 344 g/mol. The minimum atomic E-state index is 0.0623. The molecule has 3 rings (SSSR count). The van der Waals surface area contributed by atoms with Crippen molar-refractivity contribution in [2.45, 2.75) is 11.7 Å². The van der Waals surface area contributed by atoms with E-state index in [1.807, 2.05) is 48.8 Å². The topological polar surface area (TPSA) is 61.9 Å². The number of nitrogens with one attached hydrogen (secondary N) is 1. The van der Waals surface area contributed by atoms with Gasteiger partial charge in [0, 0.05) is 19.2 Å². The molecule has 118 valence electrons. The Morgan fingerprint density at radius 1 is 1.30 bits per heavy atom. The van der Waals surface area contributed by atoms with Gasteiger partial charge in [0.1, 0.15) is 0 Å². The fourth-order valence-electron chi connectivity index (χ4n) is 2.02. The van der Waals surface area contributed by atoms with E-state index >= 15 is 0 Å². The summed E-state index contributed by atoms with van der Waals surface area (Å²) in [7, 11) is 1.81. The lowest BCUT2D eigenvalue weighted by Crippen LogP contribution is -2.27. The normalized spacial score (nSPS) is 10.7. The summed E-state index contributed by atoms with van der Waals surface area (Å²) in [6, 6.07) is 11.8. The van der Waals surface area contributed by atoms with Crippen LogP contribution < -0.4 is 0 Å². The minimum absolute atomic E-state index is 0.0623. The van der Waals surface area contributed by atoms with Gasteiger partial charge in [-0.1, -0.05) is 42.1 Å². The number of hydrogen-bond donors (Lipinski definition) is 1. The standard InChI is InChI=1S/C16H16N4OS2/c1-20(9-12-7-8-22-10-12)14(21)11-23-16-17-15(18-19-16)13-5-3-2-4-6-13/h2-8,10H,9,11H2,1H3,(H,17,18,19). The van der Waals surface area contributed by atoms with Crippen molar-refractivity contribution in [1.82, 2.24) is 20.1 Å². The Labute approximate surface area is 142 Å². The highest BCUT2D eigenvalue weighted by molar-refractivity contribution is 7.99. The van der Waals surface area contributed by atoms with E-state index in [-0.39, 0.29) is 5.91 Å². The van der Waals surface area contributed by atoms with Crippen molar-refractivity contribution in [2.24, 2.45) is 0 Å². The smallest absolute Gasteiger partial charge is 0.233 e. The van der Waals surface area contributed by atoms with E-state index in [1.54, 1.807) is 16.2 Å². The molecule has 0 radical (unpaired) electrons. The van der Waals surface area contributed by atoms with E-state index in [9.17, 15) is 4.79 Å². The summed E-state index contributed by atoms with van der Waals surface area (Å²) in [5.41, 5.74) is 2.13. The van der Waals surface area contributed by atoms with Crippen molar-refractivity contribution in [2.75, 3.05) is 12.8 Å². The van der Waals surface area contributed by atoms with Crippen LogP contribution in [-0.2, 0) is 11.3 Å². The van der Waals surface area contributed by atoms with Crippen LogP contribution in [-0.4, -0.2) is 38.8 Å². The summed E-state index contributed by atoms with van der Waals surface area (Å²) in [4.78, 5) is 18.3. The lowest BCUT2D eigenvalue weighted by Gasteiger charge is -2.15. The van der Waals surface area contributed by atoms with E-state index in [4.69, 9.17) is 0 Å². The summed E-state index contributed by atoms with van der Waals surface area (Å²) >= 11 is 2.98. The maximum Gasteiger partial charge on any atom is 0.233 e. The molecule has 7 heteroatoms. The maximum absolute atomic E-state index is 12.2. The van der Waals surface area contributed by atoms with Gasteiger partial charge in [-0.25, -0.2) is 4.98 Å². The lowest BCUT2D eigenvalue weighted by atomic mass is 10.2.